The molecule has 0 spiro atoms. The molecule has 2 N–H and O–H groups in total. The highest BCUT2D eigenvalue weighted by atomic mass is 127. The first-order valence-electron chi connectivity index (χ1n) is 4.44. The minimum atomic E-state index is 0.490. The second kappa shape index (κ2) is 4.82. The summed E-state index contributed by atoms with van der Waals surface area (Å²) >= 11 is 9.89. The van der Waals surface area contributed by atoms with Crippen LogP contribution < -0.4 is 5.73 Å². The third-order valence-corrected chi connectivity index (χ3v) is 4.22. The molecule has 1 heterocycles. The molecule has 1 nitrogen and oxygen atoms in total. The van der Waals surface area contributed by atoms with E-state index in [0.29, 0.717) is 6.54 Å². The van der Waals surface area contributed by atoms with Crippen molar-refractivity contribution in [3.63, 3.8) is 0 Å². The Hall–Kier alpha value is -0.100. The number of benzene rings is 1. The Kier molecular flexibility index (Phi) is 3.66. The van der Waals surface area contributed by atoms with Gasteiger partial charge in [-0.05, 0) is 45.9 Å². The molecule has 1 aromatic carbocycles. The zero-order valence-corrected chi connectivity index (χ0v) is 11.6. The summed E-state index contributed by atoms with van der Waals surface area (Å²) in [6.45, 7) is 0.490. The number of thiophene rings is 1. The van der Waals surface area contributed by atoms with E-state index in [4.69, 9.17) is 17.3 Å². The van der Waals surface area contributed by atoms with E-state index < -0.39 is 0 Å². The lowest BCUT2D eigenvalue weighted by Crippen LogP contribution is -1.96. The van der Waals surface area contributed by atoms with Crippen LogP contribution in [0.2, 0.25) is 4.34 Å². The highest BCUT2D eigenvalue weighted by Gasteiger charge is 2.09. The fourth-order valence-corrected chi connectivity index (χ4v) is 2.93. The van der Waals surface area contributed by atoms with Gasteiger partial charge in [0.05, 0.1) is 4.34 Å². The van der Waals surface area contributed by atoms with Crippen molar-refractivity contribution in [1.82, 2.24) is 0 Å². The molecule has 78 valence electrons. The molecule has 2 rings (SSSR count). The van der Waals surface area contributed by atoms with Crippen LogP contribution in [-0.2, 0) is 6.54 Å². The summed E-state index contributed by atoms with van der Waals surface area (Å²) in [5, 5.41) is 2.06. The van der Waals surface area contributed by atoms with Crippen LogP contribution in [0.4, 0.5) is 0 Å². The summed E-state index contributed by atoms with van der Waals surface area (Å²) in [6.07, 6.45) is 0. The van der Waals surface area contributed by atoms with Crippen molar-refractivity contribution < 1.29 is 0 Å². The van der Waals surface area contributed by atoms with Gasteiger partial charge in [-0.3, -0.25) is 0 Å². The van der Waals surface area contributed by atoms with Crippen LogP contribution in [0.15, 0.2) is 29.6 Å². The maximum atomic E-state index is 6.06. The molecule has 0 aliphatic heterocycles. The van der Waals surface area contributed by atoms with Gasteiger partial charge in [-0.1, -0.05) is 23.7 Å². The fraction of sp³-hybridized carbons (Fsp3) is 0.0909. The first-order valence-corrected chi connectivity index (χ1v) is 6.78. The number of hydrogen-bond acceptors (Lipinski definition) is 2. The van der Waals surface area contributed by atoms with Crippen molar-refractivity contribution in [2.45, 2.75) is 6.54 Å². The number of nitrogens with two attached hydrogens (primary N) is 1. The monoisotopic (exact) mass is 349 g/mol. The van der Waals surface area contributed by atoms with Gasteiger partial charge in [0.2, 0.25) is 0 Å². The van der Waals surface area contributed by atoms with Gasteiger partial charge in [0.15, 0.2) is 0 Å². The van der Waals surface area contributed by atoms with Gasteiger partial charge in [-0.15, -0.1) is 11.3 Å². The van der Waals surface area contributed by atoms with E-state index >= 15 is 0 Å². The van der Waals surface area contributed by atoms with Gasteiger partial charge in [0.1, 0.15) is 0 Å². The summed E-state index contributed by atoms with van der Waals surface area (Å²) in [7, 11) is 0. The van der Waals surface area contributed by atoms with Crippen LogP contribution in [0.3, 0.4) is 0 Å². The van der Waals surface area contributed by atoms with Gasteiger partial charge in [0, 0.05) is 21.1 Å². The van der Waals surface area contributed by atoms with E-state index in [-0.39, 0.29) is 0 Å². The van der Waals surface area contributed by atoms with Crippen LogP contribution in [0.5, 0.6) is 0 Å². The molecule has 0 aliphatic rings. The molecule has 0 saturated heterocycles. The van der Waals surface area contributed by atoms with Gasteiger partial charge in [0.25, 0.3) is 0 Å². The molecule has 0 radical (unpaired) electrons. The molecular formula is C11H9ClINS. The predicted octanol–water partition coefficient (Wildman–Crippen LogP) is 4.13. The van der Waals surface area contributed by atoms with Crippen LogP contribution in [-0.4, -0.2) is 0 Å². The number of hydrogen-bond donors (Lipinski definition) is 1. The maximum Gasteiger partial charge on any atom is 0.0979 e. The molecule has 0 atom stereocenters. The first-order chi connectivity index (χ1) is 7.22. The highest BCUT2D eigenvalue weighted by Crippen LogP contribution is 2.34. The lowest BCUT2D eigenvalue weighted by atomic mass is 10.1. The molecule has 0 fully saturated rings. The average Bonchev–Trinajstić information content (AvgIpc) is 2.61. The molecule has 0 aliphatic carbocycles. The van der Waals surface area contributed by atoms with E-state index in [9.17, 15) is 0 Å². The average molecular weight is 350 g/mol. The Bertz CT molecular complexity index is 464. The normalized spacial score (nSPS) is 10.6. The van der Waals surface area contributed by atoms with E-state index in [1.165, 1.54) is 20.5 Å². The summed E-state index contributed by atoms with van der Waals surface area (Å²) in [5.74, 6) is 0. The summed E-state index contributed by atoms with van der Waals surface area (Å²) in [4.78, 5) is 0. The van der Waals surface area contributed by atoms with Crippen molar-refractivity contribution in [3.8, 4) is 11.1 Å². The zero-order chi connectivity index (χ0) is 10.8. The molecular weight excluding hydrogens is 341 g/mol. The van der Waals surface area contributed by atoms with Crippen molar-refractivity contribution >= 4 is 45.5 Å². The molecule has 0 saturated carbocycles. The molecule has 0 bridgehead atoms. The second-order valence-electron chi connectivity index (χ2n) is 3.11. The topological polar surface area (TPSA) is 26.0 Å². The summed E-state index contributed by atoms with van der Waals surface area (Å²) in [6, 6.07) is 8.36. The molecule has 4 heteroatoms. The molecule has 1 aromatic heterocycles. The lowest BCUT2D eigenvalue weighted by Gasteiger charge is -2.02. The smallest absolute Gasteiger partial charge is 0.0979 e. The molecule has 15 heavy (non-hydrogen) atoms. The standard InChI is InChI=1S/C11H9ClINS/c12-11-9(5-14)10(6-15-11)7-1-3-8(13)4-2-7/h1-4,6H,5,14H2. The summed E-state index contributed by atoms with van der Waals surface area (Å²) in [5.41, 5.74) is 9.06. The van der Waals surface area contributed by atoms with Crippen molar-refractivity contribution in [3.05, 3.63) is 43.1 Å². The number of halogens is 2. The molecule has 0 unspecified atom stereocenters. The summed E-state index contributed by atoms with van der Waals surface area (Å²) < 4.78 is 2.03. The quantitative estimate of drug-likeness (QED) is 0.811. The molecule has 2 aromatic rings. The van der Waals surface area contributed by atoms with Crippen molar-refractivity contribution in [1.29, 1.82) is 0 Å². The minimum absolute atomic E-state index is 0.490. The lowest BCUT2D eigenvalue weighted by molar-refractivity contribution is 1.08. The highest BCUT2D eigenvalue weighted by molar-refractivity contribution is 14.1. The van der Waals surface area contributed by atoms with Crippen LogP contribution in [0, 0.1) is 3.57 Å². The zero-order valence-electron chi connectivity index (χ0n) is 7.84. The van der Waals surface area contributed by atoms with E-state index in [2.05, 4.69) is 52.2 Å². The fourth-order valence-electron chi connectivity index (χ4n) is 1.42. The van der Waals surface area contributed by atoms with Crippen molar-refractivity contribution in [2.24, 2.45) is 5.73 Å². The maximum absolute atomic E-state index is 6.06. The van der Waals surface area contributed by atoms with Crippen LogP contribution in [0.1, 0.15) is 5.56 Å². The van der Waals surface area contributed by atoms with E-state index in [1.807, 2.05) is 0 Å². The van der Waals surface area contributed by atoms with Gasteiger partial charge >= 0.3 is 0 Å². The third-order valence-electron chi connectivity index (χ3n) is 2.20. The van der Waals surface area contributed by atoms with Gasteiger partial charge < -0.3 is 5.73 Å². The molecule has 0 amide bonds. The largest absolute Gasteiger partial charge is 0.326 e. The minimum Gasteiger partial charge on any atom is -0.326 e. The van der Waals surface area contributed by atoms with Crippen LogP contribution in [0.25, 0.3) is 11.1 Å². The third kappa shape index (κ3) is 2.36. The Morgan fingerprint density at radius 1 is 1.27 bits per heavy atom. The Morgan fingerprint density at radius 3 is 2.53 bits per heavy atom. The predicted molar refractivity (Wildman–Crippen MR) is 75.4 cm³/mol. The van der Waals surface area contributed by atoms with Crippen molar-refractivity contribution in [2.75, 3.05) is 0 Å². The Labute approximate surface area is 111 Å². The van der Waals surface area contributed by atoms with Crippen LogP contribution >= 0.6 is 45.5 Å². The van der Waals surface area contributed by atoms with E-state index in [1.54, 1.807) is 0 Å². The van der Waals surface area contributed by atoms with Gasteiger partial charge in [-0.25, -0.2) is 0 Å². The first kappa shape index (κ1) is 11.4. The van der Waals surface area contributed by atoms with Gasteiger partial charge in [-0.2, -0.15) is 0 Å². The Morgan fingerprint density at radius 2 is 1.93 bits per heavy atom. The second-order valence-corrected chi connectivity index (χ2v) is 5.84. The number of rotatable bonds is 2. The van der Waals surface area contributed by atoms with E-state index in [0.717, 1.165) is 15.5 Å². The SMILES string of the molecule is NCc1c(-c2ccc(I)cc2)csc1Cl. The Balaban J connectivity index is 2.49.